The smallest absolute Gasteiger partial charge is 0.386 e. The summed E-state index contributed by atoms with van der Waals surface area (Å²) in [6.07, 6.45) is 0.840. The highest BCUT2D eigenvalue weighted by Gasteiger charge is 2.24. The van der Waals surface area contributed by atoms with Gasteiger partial charge in [-0.1, -0.05) is 0 Å². The van der Waals surface area contributed by atoms with Gasteiger partial charge in [0.05, 0.1) is 12.3 Å². The fourth-order valence-electron chi connectivity index (χ4n) is 1.50. The lowest BCUT2D eigenvalue weighted by atomic mass is 10.1. The van der Waals surface area contributed by atoms with Gasteiger partial charge in [0.2, 0.25) is 0 Å². The predicted molar refractivity (Wildman–Crippen MR) is 58.3 cm³/mol. The van der Waals surface area contributed by atoms with E-state index in [4.69, 9.17) is 19.5 Å². The molecule has 0 bridgehead atoms. The highest BCUT2D eigenvalue weighted by atomic mass is 19.1. The minimum Gasteiger partial charge on any atom is -0.386 e. The van der Waals surface area contributed by atoms with Crippen molar-refractivity contribution in [3.8, 4) is 0 Å². The van der Waals surface area contributed by atoms with Crippen molar-refractivity contribution < 1.29 is 18.4 Å². The van der Waals surface area contributed by atoms with E-state index in [0.29, 0.717) is 24.5 Å². The van der Waals surface area contributed by atoms with E-state index >= 15 is 0 Å². The maximum Gasteiger partial charge on any atom is 0.639 e. The van der Waals surface area contributed by atoms with Gasteiger partial charge in [-0.05, 0) is 24.6 Å². The van der Waals surface area contributed by atoms with E-state index in [2.05, 4.69) is 5.11 Å². The lowest BCUT2D eigenvalue weighted by molar-refractivity contribution is 0.0488. The van der Waals surface area contributed by atoms with Crippen LogP contribution in [0.4, 0.5) is 10.1 Å². The molecule has 0 amide bonds. The molecule has 1 aromatic rings. The molecule has 7 heteroatoms. The molecule has 0 unspecified atom stereocenters. The molecule has 17 heavy (non-hydrogen) atoms. The average Bonchev–Trinajstić information content (AvgIpc) is 2.38. The Bertz CT molecular complexity index is 399. The molecule has 0 aromatic heterocycles. The first-order chi connectivity index (χ1) is 8.29. The van der Waals surface area contributed by atoms with Gasteiger partial charge in [-0.25, -0.2) is 9.92 Å². The van der Waals surface area contributed by atoms with Crippen molar-refractivity contribution in [2.24, 2.45) is 5.11 Å². The van der Waals surface area contributed by atoms with Gasteiger partial charge >= 0.3 is 7.32 Å². The molecule has 1 fully saturated rings. The largest absolute Gasteiger partial charge is 0.639 e. The maximum absolute atomic E-state index is 13.0. The van der Waals surface area contributed by atoms with Crippen molar-refractivity contribution in [1.29, 1.82) is 5.53 Å². The Morgan fingerprint density at radius 1 is 1.41 bits per heavy atom. The average molecular weight is 238 g/mol. The Labute approximate surface area is 98.6 Å². The molecule has 1 N–H and O–H groups in total. The van der Waals surface area contributed by atoms with Crippen LogP contribution in [0, 0.1) is 11.3 Å². The summed E-state index contributed by atoms with van der Waals surface area (Å²) in [6, 6.07) is 3.98. The monoisotopic (exact) mass is 238 g/mol. The fraction of sp³-hybridized carbons (Fsp3) is 0.400. The molecule has 90 valence electrons. The van der Waals surface area contributed by atoms with Gasteiger partial charge in [0.15, 0.2) is 0 Å². The molecule has 1 heterocycles. The van der Waals surface area contributed by atoms with Gasteiger partial charge in [0.25, 0.3) is 0 Å². The SMILES string of the molecule is N=Nc1ccc(F)cc1COB1OCCCO1. The predicted octanol–water partition coefficient (Wildman–Crippen LogP) is 2.43. The summed E-state index contributed by atoms with van der Waals surface area (Å²) in [5.41, 5.74) is 7.84. The number of halogens is 1. The summed E-state index contributed by atoms with van der Waals surface area (Å²) in [6.45, 7) is 1.27. The van der Waals surface area contributed by atoms with Crippen molar-refractivity contribution in [1.82, 2.24) is 0 Å². The van der Waals surface area contributed by atoms with Crippen LogP contribution in [0.15, 0.2) is 23.3 Å². The van der Waals surface area contributed by atoms with E-state index in [1.54, 1.807) is 0 Å². The third-order valence-electron chi connectivity index (χ3n) is 2.33. The fourth-order valence-corrected chi connectivity index (χ4v) is 1.50. The molecular weight excluding hydrogens is 226 g/mol. The molecule has 0 aliphatic carbocycles. The second kappa shape index (κ2) is 5.86. The van der Waals surface area contributed by atoms with Crippen molar-refractivity contribution in [3.05, 3.63) is 29.6 Å². The van der Waals surface area contributed by atoms with Crippen molar-refractivity contribution in [2.45, 2.75) is 13.0 Å². The quantitative estimate of drug-likeness (QED) is 0.647. The highest BCUT2D eigenvalue weighted by molar-refractivity contribution is 6.36. The van der Waals surface area contributed by atoms with Crippen LogP contribution in [0.2, 0.25) is 0 Å². The van der Waals surface area contributed by atoms with Crippen molar-refractivity contribution in [2.75, 3.05) is 13.2 Å². The van der Waals surface area contributed by atoms with Crippen LogP contribution in [0.25, 0.3) is 0 Å². The second-order valence-corrected chi connectivity index (χ2v) is 3.58. The summed E-state index contributed by atoms with van der Waals surface area (Å²) >= 11 is 0. The third kappa shape index (κ3) is 3.32. The molecule has 1 aliphatic heterocycles. The van der Waals surface area contributed by atoms with Crippen LogP contribution < -0.4 is 0 Å². The zero-order valence-electron chi connectivity index (χ0n) is 9.19. The zero-order valence-corrected chi connectivity index (χ0v) is 9.19. The number of nitrogens with one attached hydrogen (secondary N) is 1. The minimum atomic E-state index is -0.717. The first-order valence-electron chi connectivity index (χ1n) is 5.30. The van der Waals surface area contributed by atoms with Gasteiger partial charge in [-0.3, -0.25) is 0 Å². The molecule has 0 spiro atoms. The molecule has 1 saturated heterocycles. The van der Waals surface area contributed by atoms with Crippen molar-refractivity contribution >= 4 is 13.0 Å². The standard InChI is InChI=1S/C10H12BFN2O3/c12-9-2-3-10(14-13)8(6-9)7-17-11-15-4-1-5-16-11/h2-3,6,13H,1,4-5,7H2. The molecule has 1 aromatic carbocycles. The van der Waals surface area contributed by atoms with Crippen LogP contribution in [-0.2, 0) is 20.6 Å². The normalized spacial score (nSPS) is 15.9. The van der Waals surface area contributed by atoms with E-state index in [1.807, 2.05) is 0 Å². The summed E-state index contributed by atoms with van der Waals surface area (Å²) in [4.78, 5) is 0. The van der Waals surface area contributed by atoms with Crippen molar-refractivity contribution in [3.63, 3.8) is 0 Å². The summed E-state index contributed by atoms with van der Waals surface area (Å²) in [5, 5.41) is 3.30. The Morgan fingerprint density at radius 2 is 2.18 bits per heavy atom. The van der Waals surface area contributed by atoms with E-state index in [9.17, 15) is 4.39 Å². The number of benzene rings is 1. The number of hydrogen-bond donors (Lipinski definition) is 1. The maximum atomic E-state index is 13.0. The van der Waals surface area contributed by atoms with Crippen LogP contribution >= 0.6 is 0 Å². The third-order valence-corrected chi connectivity index (χ3v) is 2.33. The van der Waals surface area contributed by atoms with Crippen LogP contribution in [-0.4, -0.2) is 20.5 Å². The van der Waals surface area contributed by atoms with E-state index < -0.39 is 7.32 Å². The second-order valence-electron chi connectivity index (χ2n) is 3.58. The summed E-state index contributed by atoms with van der Waals surface area (Å²) in [5.74, 6) is -0.388. The van der Waals surface area contributed by atoms with E-state index in [0.717, 1.165) is 6.42 Å². The molecule has 0 atom stereocenters. The zero-order chi connectivity index (χ0) is 12.1. The van der Waals surface area contributed by atoms with Crippen LogP contribution in [0.1, 0.15) is 12.0 Å². The Hall–Kier alpha value is -1.31. The first kappa shape index (κ1) is 12.2. The molecule has 1 aliphatic rings. The Kier molecular flexibility index (Phi) is 4.19. The van der Waals surface area contributed by atoms with Crippen LogP contribution in [0.5, 0.6) is 0 Å². The first-order valence-corrected chi connectivity index (χ1v) is 5.30. The topological polar surface area (TPSA) is 63.9 Å². The summed E-state index contributed by atoms with van der Waals surface area (Å²) in [7, 11) is -0.717. The van der Waals surface area contributed by atoms with Crippen LogP contribution in [0.3, 0.4) is 0 Å². The van der Waals surface area contributed by atoms with E-state index in [1.165, 1.54) is 18.2 Å². The van der Waals surface area contributed by atoms with Gasteiger partial charge in [0.1, 0.15) is 5.82 Å². The van der Waals surface area contributed by atoms with Gasteiger partial charge in [-0.2, -0.15) is 5.11 Å². The number of hydrogen-bond acceptors (Lipinski definition) is 5. The molecular formula is C10H12BFN2O3. The van der Waals surface area contributed by atoms with Gasteiger partial charge in [0, 0.05) is 18.8 Å². The molecule has 0 radical (unpaired) electrons. The highest BCUT2D eigenvalue weighted by Crippen LogP contribution is 2.21. The molecule has 2 rings (SSSR count). The molecule has 0 saturated carbocycles. The lowest BCUT2D eigenvalue weighted by Crippen LogP contribution is -2.32. The van der Waals surface area contributed by atoms with Gasteiger partial charge < -0.3 is 14.0 Å². The molecule has 5 nitrogen and oxygen atoms in total. The summed E-state index contributed by atoms with van der Waals surface area (Å²) < 4.78 is 28.7. The lowest BCUT2D eigenvalue weighted by Gasteiger charge is -2.19. The Balaban J connectivity index is 1.97. The van der Waals surface area contributed by atoms with Gasteiger partial charge in [-0.15, -0.1) is 0 Å². The number of rotatable bonds is 4. The number of nitrogens with zero attached hydrogens (tertiary/aromatic N) is 1. The minimum absolute atomic E-state index is 0.0974. The Morgan fingerprint density at radius 3 is 2.88 bits per heavy atom. The van der Waals surface area contributed by atoms with E-state index in [-0.39, 0.29) is 12.4 Å².